The molecule has 4 heteroatoms. The van der Waals surface area contributed by atoms with E-state index in [-0.39, 0.29) is 11.9 Å². The van der Waals surface area contributed by atoms with Gasteiger partial charge in [-0.1, -0.05) is 6.92 Å². The highest BCUT2D eigenvalue weighted by Crippen LogP contribution is 2.18. The maximum absolute atomic E-state index is 12.2. The lowest BCUT2D eigenvalue weighted by Crippen LogP contribution is -2.52. The van der Waals surface area contributed by atoms with Crippen molar-refractivity contribution in [2.75, 3.05) is 20.2 Å². The van der Waals surface area contributed by atoms with E-state index < -0.39 is 5.60 Å². The first-order valence-corrected chi connectivity index (χ1v) is 5.49. The first-order chi connectivity index (χ1) is 6.92. The molecule has 0 fully saturated rings. The Morgan fingerprint density at radius 3 is 2.33 bits per heavy atom. The van der Waals surface area contributed by atoms with Crippen molar-refractivity contribution in [3.05, 3.63) is 0 Å². The van der Waals surface area contributed by atoms with Gasteiger partial charge in [0.05, 0.1) is 0 Å². The molecule has 0 aromatic rings. The van der Waals surface area contributed by atoms with E-state index >= 15 is 0 Å². The average Bonchev–Trinajstić information content (AvgIpc) is 2.23. The summed E-state index contributed by atoms with van der Waals surface area (Å²) in [4.78, 5) is 14.0. The molecular weight excluding hydrogens is 192 g/mol. The maximum atomic E-state index is 12.2. The van der Waals surface area contributed by atoms with Crippen LogP contribution >= 0.6 is 0 Å². The molecule has 90 valence electrons. The smallest absolute Gasteiger partial charge is 0.254 e. The van der Waals surface area contributed by atoms with Crippen LogP contribution in [0.2, 0.25) is 0 Å². The van der Waals surface area contributed by atoms with Crippen molar-refractivity contribution in [1.82, 2.24) is 4.90 Å². The van der Waals surface area contributed by atoms with Gasteiger partial charge in [-0.05, 0) is 27.2 Å². The molecule has 0 saturated carbocycles. The third-order valence-corrected chi connectivity index (χ3v) is 2.83. The first kappa shape index (κ1) is 14.4. The van der Waals surface area contributed by atoms with Crippen LogP contribution < -0.4 is 5.73 Å². The van der Waals surface area contributed by atoms with Crippen molar-refractivity contribution in [2.24, 2.45) is 5.73 Å². The fourth-order valence-electron chi connectivity index (χ4n) is 1.42. The lowest BCUT2D eigenvalue weighted by molar-refractivity contribution is -0.155. The van der Waals surface area contributed by atoms with E-state index in [1.165, 1.54) is 0 Å². The number of nitrogens with zero attached hydrogens (tertiary/aromatic N) is 1. The molecule has 0 aliphatic rings. The Bertz CT molecular complexity index is 201. The van der Waals surface area contributed by atoms with Crippen LogP contribution in [0.5, 0.6) is 0 Å². The zero-order valence-electron chi connectivity index (χ0n) is 10.5. The summed E-state index contributed by atoms with van der Waals surface area (Å²) in [5.41, 5.74) is 4.77. The quantitative estimate of drug-likeness (QED) is 0.720. The van der Waals surface area contributed by atoms with Gasteiger partial charge in [-0.25, -0.2) is 0 Å². The molecule has 4 nitrogen and oxygen atoms in total. The number of methoxy groups -OCH3 is 1. The van der Waals surface area contributed by atoms with Crippen LogP contribution in [-0.2, 0) is 9.53 Å². The molecule has 0 saturated heterocycles. The summed E-state index contributed by atoms with van der Waals surface area (Å²) in [6, 6.07) is 0.155. The minimum Gasteiger partial charge on any atom is -0.369 e. The molecule has 0 heterocycles. The molecule has 15 heavy (non-hydrogen) atoms. The van der Waals surface area contributed by atoms with Crippen LogP contribution in [0.4, 0.5) is 0 Å². The van der Waals surface area contributed by atoms with Gasteiger partial charge in [0.25, 0.3) is 5.91 Å². The zero-order chi connectivity index (χ0) is 12.1. The van der Waals surface area contributed by atoms with Crippen molar-refractivity contribution in [1.29, 1.82) is 0 Å². The SMILES string of the molecule is CCC(C)(OC)C(=O)N(CCN)C(C)C. The molecule has 0 radical (unpaired) electrons. The number of nitrogens with two attached hydrogens (primary N) is 1. The van der Waals surface area contributed by atoms with Crippen molar-refractivity contribution in [2.45, 2.75) is 45.8 Å². The number of carbonyl (C=O) groups excluding carboxylic acids is 1. The molecule has 2 N–H and O–H groups in total. The second-order valence-corrected chi connectivity index (χ2v) is 4.17. The molecule has 1 atom stereocenters. The summed E-state index contributed by atoms with van der Waals surface area (Å²) >= 11 is 0. The highest BCUT2D eigenvalue weighted by atomic mass is 16.5. The number of ether oxygens (including phenoxy) is 1. The Balaban J connectivity index is 4.75. The topological polar surface area (TPSA) is 55.6 Å². The largest absolute Gasteiger partial charge is 0.369 e. The van der Waals surface area contributed by atoms with Crippen LogP contribution in [0.3, 0.4) is 0 Å². The highest BCUT2D eigenvalue weighted by Gasteiger charge is 2.35. The predicted octanol–water partition coefficient (Wildman–Crippen LogP) is 0.997. The summed E-state index contributed by atoms with van der Waals surface area (Å²) in [6.45, 7) is 8.80. The second kappa shape index (κ2) is 6.08. The lowest BCUT2D eigenvalue weighted by Gasteiger charge is -2.35. The Labute approximate surface area is 92.8 Å². The summed E-state index contributed by atoms with van der Waals surface area (Å²) in [5, 5.41) is 0. The molecule has 0 aliphatic heterocycles. The molecule has 0 rings (SSSR count). The molecule has 0 aromatic carbocycles. The van der Waals surface area contributed by atoms with Crippen molar-refractivity contribution < 1.29 is 9.53 Å². The number of hydrogen-bond donors (Lipinski definition) is 1. The van der Waals surface area contributed by atoms with Crippen LogP contribution in [0, 0.1) is 0 Å². The molecule has 0 aromatic heterocycles. The van der Waals surface area contributed by atoms with Gasteiger partial charge in [-0.2, -0.15) is 0 Å². The van der Waals surface area contributed by atoms with E-state index in [1.54, 1.807) is 12.0 Å². The molecule has 1 amide bonds. The zero-order valence-corrected chi connectivity index (χ0v) is 10.5. The Kier molecular flexibility index (Phi) is 5.83. The third kappa shape index (κ3) is 3.47. The Hall–Kier alpha value is -0.610. The Morgan fingerprint density at radius 2 is 2.07 bits per heavy atom. The van der Waals surface area contributed by atoms with Crippen LogP contribution in [0.25, 0.3) is 0 Å². The number of hydrogen-bond acceptors (Lipinski definition) is 3. The van der Waals surface area contributed by atoms with Gasteiger partial charge in [-0.3, -0.25) is 4.79 Å². The molecule has 0 aliphatic carbocycles. The molecule has 0 bridgehead atoms. The van der Waals surface area contributed by atoms with E-state index in [4.69, 9.17) is 10.5 Å². The number of carbonyl (C=O) groups is 1. The fraction of sp³-hybridized carbons (Fsp3) is 0.909. The van der Waals surface area contributed by atoms with Gasteiger partial charge in [0.1, 0.15) is 5.60 Å². The average molecular weight is 216 g/mol. The highest BCUT2D eigenvalue weighted by molar-refractivity contribution is 5.85. The lowest BCUT2D eigenvalue weighted by atomic mass is 10.0. The van der Waals surface area contributed by atoms with Crippen molar-refractivity contribution in [3.8, 4) is 0 Å². The van der Waals surface area contributed by atoms with Gasteiger partial charge < -0.3 is 15.4 Å². The molecule has 0 spiro atoms. The third-order valence-electron chi connectivity index (χ3n) is 2.83. The van der Waals surface area contributed by atoms with Gasteiger partial charge in [0, 0.05) is 26.2 Å². The normalized spacial score (nSPS) is 15.1. The maximum Gasteiger partial charge on any atom is 0.254 e. The van der Waals surface area contributed by atoms with Crippen LogP contribution in [-0.4, -0.2) is 42.6 Å². The van der Waals surface area contributed by atoms with E-state index in [1.807, 2.05) is 27.7 Å². The fourth-order valence-corrected chi connectivity index (χ4v) is 1.42. The number of rotatable bonds is 6. The second-order valence-electron chi connectivity index (χ2n) is 4.17. The summed E-state index contributed by atoms with van der Waals surface area (Å²) < 4.78 is 5.29. The Morgan fingerprint density at radius 1 is 1.53 bits per heavy atom. The number of amides is 1. The first-order valence-electron chi connectivity index (χ1n) is 5.49. The minimum atomic E-state index is -0.723. The molecular formula is C11H24N2O2. The molecule has 1 unspecified atom stereocenters. The minimum absolute atomic E-state index is 0.0213. The van der Waals surface area contributed by atoms with Crippen molar-refractivity contribution in [3.63, 3.8) is 0 Å². The standard InChI is InChI=1S/C11H24N2O2/c1-6-11(4,15-5)10(14)13(8-7-12)9(2)3/h9H,6-8,12H2,1-5H3. The van der Waals surface area contributed by atoms with E-state index in [0.717, 1.165) is 0 Å². The van der Waals surface area contributed by atoms with Gasteiger partial charge in [0.15, 0.2) is 0 Å². The van der Waals surface area contributed by atoms with E-state index in [2.05, 4.69) is 0 Å². The van der Waals surface area contributed by atoms with Crippen LogP contribution in [0.1, 0.15) is 34.1 Å². The monoisotopic (exact) mass is 216 g/mol. The van der Waals surface area contributed by atoms with Crippen molar-refractivity contribution >= 4 is 5.91 Å². The van der Waals surface area contributed by atoms with Crippen LogP contribution in [0.15, 0.2) is 0 Å². The van der Waals surface area contributed by atoms with Gasteiger partial charge in [0.2, 0.25) is 0 Å². The predicted molar refractivity (Wildman–Crippen MR) is 61.6 cm³/mol. The van der Waals surface area contributed by atoms with Gasteiger partial charge in [-0.15, -0.1) is 0 Å². The van der Waals surface area contributed by atoms with E-state index in [9.17, 15) is 4.79 Å². The van der Waals surface area contributed by atoms with E-state index in [0.29, 0.717) is 19.5 Å². The summed E-state index contributed by atoms with van der Waals surface area (Å²) in [6.07, 6.45) is 0.663. The summed E-state index contributed by atoms with van der Waals surface area (Å²) in [5.74, 6) is 0.0213. The summed E-state index contributed by atoms with van der Waals surface area (Å²) in [7, 11) is 1.57. The van der Waals surface area contributed by atoms with Gasteiger partial charge >= 0.3 is 0 Å².